The van der Waals surface area contributed by atoms with Crippen molar-refractivity contribution < 1.29 is 0 Å². The summed E-state index contributed by atoms with van der Waals surface area (Å²) in [6, 6.07) is 11.9. The van der Waals surface area contributed by atoms with Gasteiger partial charge in [-0.3, -0.25) is 0 Å². The minimum Gasteiger partial charge on any atom is -0.383 e. The molecular formula is C29H45N9S. The summed E-state index contributed by atoms with van der Waals surface area (Å²) >= 11 is 5.57. The van der Waals surface area contributed by atoms with Crippen molar-refractivity contribution >= 4 is 34.9 Å². The van der Waals surface area contributed by atoms with Crippen LogP contribution in [-0.4, -0.2) is 71.3 Å². The number of nitrogens with one attached hydrogen (secondary N) is 4. The first-order chi connectivity index (χ1) is 19.1. The van der Waals surface area contributed by atoms with Crippen molar-refractivity contribution in [3.8, 4) is 0 Å². The van der Waals surface area contributed by atoms with Crippen LogP contribution in [0, 0.1) is 0 Å². The van der Waals surface area contributed by atoms with Gasteiger partial charge in [-0.2, -0.15) is 9.97 Å². The van der Waals surface area contributed by atoms with E-state index in [1.165, 1.54) is 62.5 Å². The van der Waals surface area contributed by atoms with Gasteiger partial charge in [-0.1, -0.05) is 43.5 Å². The first-order valence-electron chi connectivity index (χ1n) is 14.8. The molecule has 2 aromatic rings. The average molecular weight is 552 g/mol. The van der Waals surface area contributed by atoms with Crippen LogP contribution in [0.4, 0.5) is 17.6 Å². The number of thiocarbonyl (C=S) groups is 1. The maximum absolute atomic E-state index is 6.14. The average Bonchev–Trinajstić information content (AvgIpc) is 3.79. The van der Waals surface area contributed by atoms with E-state index >= 15 is 0 Å². The zero-order valence-electron chi connectivity index (χ0n) is 23.1. The Morgan fingerprint density at radius 2 is 1.59 bits per heavy atom. The van der Waals surface area contributed by atoms with Crippen LogP contribution in [-0.2, 0) is 13.1 Å². The summed E-state index contributed by atoms with van der Waals surface area (Å²) in [6.07, 6.45) is 10.5. The van der Waals surface area contributed by atoms with Crippen LogP contribution < -0.4 is 31.9 Å². The number of hydrogen-bond donors (Lipinski definition) is 5. The Balaban J connectivity index is 1.01. The van der Waals surface area contributed by atoms with E-state index in [1.54, 1.807) is 0 Å². The van der Waals surface area contributed by atoms with E-state index < -0.39 is 0 Å². The summed E-state index contributed by atoms with van der Waals surface area (Å²) in [6.45, 7) is 7.17. The molecule has 0 spiro atoms. The van der Waals surface area contributed by atoms with Crippen LogP contribution in [0.1, 0.15) is 62.5 Å². The minimum atomic E-state index is 0.478. The highest BCUT2D eigenvalue weighted by Crippen LogP contribution is 2.21. The smallest absolute Gasteiger partial charge is 0.226 e. The number of rotatable bonds is 12. The second-order valence-electron chi connectivity index (χ2n) is 11.2. The minimum absolute atomic E-state index is 0.478. The van der Waals surface area contributed by atoms with Gasteiger partial charge in [0.2, 0.25) is 5.95 Å². The number of hydrogen-bond acceptors (Lipinski definition) is 8. The van der Waals surface area contributed by atoms with Crippen molar-refractivity contribution in [2.75, 3.05) is 55.2 Å². The molecule has 9 nitrogen and oxygen atoms in total. The van der Waals surface area contributed by atoms with Crippen LogP contribution in [0.25, 0.3) is 0 Å². The fourth-order valence-corrected chi connectivity index (χ4v) is 5.69. The summed E-state index contributed by atoms with van der Waals surface area (Å²) in [4.78, 5) is 13.7. The summed E-state index contributed by atoms with van der Waals surface area (Å²) in [5.41, 5.74) is 8.62. The lowest BCUT2D eigenvalue weighted by molar-refractivity contribution is 0.371. The molecule has 0 atom stereocenters. The van der Waals surface area contributed by atoms with Gasteiger partial charge in [0, 0.05) is 57.4 Å². The van der Waals surface area contributed by atoms with Crippen LogP contribution in [0.15, 0.2) is 30.3 Å². The molecule has 6 N–H and O–H groups in total. The Bertz CT molecular complexity index is 1050. The highest BCUT2D eigenvalue weighted by atomic mass is 32.1. The van der Waals surface area contributed by atoms with E-state index in [1.807, 2.05) is 6.07 Å². The molecule has 0 radical (unpaired) electrons. The number of piperazine rings is 1. The molecule has 1 aromatic carbocycles. The lowest BCUT2D eigenvalue weighted by Gasteiger charge is -2.37. The highest BCUT2D eigenvalue weighted by molar-refractivity contribution is 7.80. The number of nitrogen functional groups attached to an aromatic ring is 1. The van der Waals surface area contributed by atoms with Gasteiger partial charge in [0.05, 0.1) is 0 Å². The van der Waals surface area contributed by atoms with Gasteiger partial charge in [-0.15, -0.1) is 0 Å². The van der Waals surface area contributed by atoms with E-state index in [0.717, 1.165) is 62.8 Å². The standard InChI is InChI=1S/C29H45N9S/c30-26-19-27(37-15-17-38(18-16-37)29(39)34-25-11-12-25)36-28(35-26)33-21-23-9-7-22(8-10-23)20-31-13-4-14-32-24-5-2-1-3-6-24/h7-10,19,24-25,31-32H,1-6,11-18,20-21H2,(H,34,39)(H3,30,33,35,36). The van der Waals surface area contributed by atoms with Gasteiger partial charge in [0.1, 0.15) is 11.6 Å². The fourth-order valence-electron chi connectivity index (χ4n) is 5.34. The Labute approximate surface area is 238 Å². The first kappa shape index (κ1) is 27.9. The zero-order chi connectivity index (χ0) is 26.9. The van der Waals surface area contributed by atoms with E-state index in [0.29, 0.717) is 24.4 Å². The van der Waals surface area contributed by atoms with Crippen molar-refractivity contribution in [3.05, 3.63) is 41.5 Å². The van der Waals surface area contributed by atoms with E-state index in [4.69, 9.17) is 22.9 Å². The Hall–Kier alpha value is -2.69. The molecule has 3 fully saturated rings. The molecule has 2 heterocycles. The number of aromatic nitrogens is 2. The predicted octanol–water partition coefficient (Wildman–Crippen LogP) is 3.23. The number of nitrogens with two attached hydrogens (primary N) is 1. The maximum Gasteiger partial charge on any atom is 0.226 e. The van der Waals surface area contributed by atoms with Crippen molar-refractivity contribution in [1.29, 1.82) is 0 Å². The molecule has 5 rings (SSSR count). The third kappa shape index (κ3) is 8.91. The van der Waals surface area contributed by atoms with Crippen LogP contribution >= 0.6 is 12.2 Å². The predicted molar refractivity (Wildman–Crippen MR) is 164 cm³/mol. The van der Waals surface area contributed by atoms with Crippen LogP contribution in [0.5, 0.6) is 0 Å². The second-order valence-corrected chi connectivity index (χ2v) is 11.5. The van der Waals surface area contributed by atoms with E-state index in [2.05, 4.69) is 60.3 Å². The molecule has 212 valence electrons. The van der Waals surface area contributed by atoms with Crippen molar-refractivity contribution in [3.63, 3.8) is 0 Å². The summed E-state index contributed by atoms with van der Waals surface area (Å²) < 4.78 is 0. The fraction of sp³-hybridized carbons (Fsp3) is 0.621. The molecular weight excluding hydrogens is 506 g/mol. The third-order valence-electron chi connectivity index (χ3n) is 7.90. The number of anilines is 3. The molecule has 0 unspecified atom stereocenters. The lowest BCUT2D eigenvalue weighted by Crippen LogP contribution is -2.52. The molecule has 1 aromatic heterocycles. The Kier molecular flexibility index (Phi) is 10.1. The van der Waals surface area contributed by atoms with Crippen molar-refractivity contribution in [2.24, 2.45) is 0 Å². The topological polar surface area (TPSA) is 106 Å². The van der Waals surface area contributed by atoms with Crippen molar-refractivity contribution in [1.82, 2.24) is 30.8 Å². The molecule has 0 amide bonds. The molecule has 1 aliphatic heterocycles. The molecule has 39 heavy (non-hydrogen) atoms. The zero-order valence-corrected chi connectivity index (χ0v) is 23.9. The molecule has 1 saturated heterocycles. The maximum atomic E-state index is 6.14. The van der Waals surface area contributed by atoms with Crippen LogP contribution in [0.2, 0.25) is 0 Å². The van der Waals surface area contributed by atoms with Gasteiger partial charge in [0.15, 0.2) is 5.11 Å². The molecule has 3 aliphatic rings. The first-order valence-corrected chi connectivity index (χ1v) is 15.2. The summed E-state index contributed by atoms with van der Waals surface area (Å²) in [5.74, 6) is 1.90. The number of nitrogens with zero attached hydrogens (tertiary/aromatic N) is 4. The number of benzene rings is 1. The largest absolute Gasteiger partial charge is 0.383 e. The highest BCUT2D eigenvalue weighted by Gasteiger charge is 2.26. The van der Waals surface area contributed by atoms with E-state index in [-0.39, 0.29) is 0 Å². The van der Waals surface area contributed by atoms with Crippen LogP contribution in [0.3, 0.4) is 0 Å². The van der Waals surface area contributed by atoms with Crippen molar-refractivity contribution in [2.45, 2.75) is 76.5 Å². The summed E-state index contributed by atoms with van der Waals surface area (Å²) in [7, 11) is 0. The monoisotopic (exact) mass is 551 g/mol. The van der Waals surface area contributed by atoms with E-state index in [9.17, 15) is 0 Å². The molecule has 10 heteroatoms. The van der Waals surface area contributed by atoms with Gasteiger partial charge < -0.3 is 36.8 Å². The molecule has 0 bridgehead atoms. The SMILES string of the molecule is Nc1cc(N2CCN(C(=S)NC3CC3)CC2)nc(NCc2ccc(CNCCCNC3CCCCC3)cc2)n1. The lowest BCUT2D eigenvalue weighted by atomic mass is 9.95. The Morgan fingerprint density at radius 1 is 0.872 bits per heavy atom. The van der Waals surface area contributed by atoms with Gasteiger partial charge >= 0.3 is 0 Å². The summed E-state index contributed by atoms with van der Waals surface area (Å²) in [5, 5.41) is 15.0. The second kappa shape index (κ2) is 14.1. The van der Waals surface area contributed by atoms with Gasteiger partial charge in [0.25, 0.3) is 0 Å². The molecule has 2 aliphatic carbocycles. The normalized spacial score (nSPS) is 18.3. The third-order valence-corrected chi connectivity index (χ3v) is 8.28. The van der Waals surface area contributed by atoms with Gasteiger partial charge in [-0.25, -0.2) is 0 Å². The quantitative estimate of drug-likeness (QED) is 0.199. The van der Waals surface area contributed by atoms with Gasteiger partial charge in [-0.05, 0) is 68.5 Å². The Morgan fingerprint density at radius 3 is 2.31 bits per heavy atom. The molecule has 2 saturated carbocycles.